The van der Waals surface area contributed by atoms with E-state index in [-0.39, 0.29) is 31.4 Å². The Hall–Kier alpha value is -3.04. The Morgan fingerprint density at radius 1 is 1.10 bits per heavy atom. The normalized spacial score (nSPS) is 24.0. The summed E-state index contributed by atoms with van der Waals surface area (Å²) in [7, 11) is -3.45. The first-order valence-corrected chi connectivity index (χ1v) is 16.9. The van der Waals surface area contributed by atoms with E-state index in [2.05, 4.69) is 0 Å². The van der Waals surface area contributed by atoms with Crippen molar-refractivity contribution in [2.75, 3.05) is 18.1 Å². The van der Waals surface area contributed by atoms with E-state index in [1.165, 1.54) is 0 Å². The van der Waals surface area contributed by atoms with Gasteiger partial charge in [-0.05, 0) is 49.0 Å². The number of hydrogen-bond acceptors (Lipinski definition) is 4. The largest absolute Gasteiger partial charge is 0.395 e. The van der Waals surface area contributed by atoms with Crippen LogP contribution in [0.15, 0.2) is 78.9 Å². The van der Waals surface area contributed by atoms with Crippen LogP contribution in [0.5, 0.6) is 0 Å². The highest BCUT2D eigenvalue weighted by Gasteiger charge is 2.67. The number of nitrogens with zero attached hydrogens (tertiary/aromatic N) is 2. The van der Waals surface area contributed by atoms with E-state index in [9.17, 15) is 14.7 Å². The molecule has 2 aliphatic heterocycles. The van der Waals surface area contributed by atoms with E-state index in [1.54, 1.807) is 41.1 Å². The number of benzene rings is 3. The van der Waals surface area contributed by atoms with Gasteiger partial charge in [-0.1, -0.05) is 67.1 Å². The van der Waals surface area contributed by atoms with Gasteiger partial charge in [0.05, 0.1) is 24.8 Å². The van der Waals surface area contributed by atoms with Gasteiger partial charge in [0.25, 0.3) is 5.91 Å². The molecule has 0 aromatic heterocycles. The molecule has 1 saturated heterocycles. The van der Waals surface area contributed by atoms with E-state index in [4.69, 9.17) is 16.3 Å². The number of fused-ring (bicyclic) bond motifs is 2. The van der Waals surface area contributed by atoms with Crippen LogP contribution in [-0.2, 0) is 26.5 Å². The van der Waals surface area contributed by atoms with Crippen molar-refractivity contribution in [3.05, 3.63) is 95.0 Å². The third-order valence-electron chi connectivity index (χ3n) is 8.16. The van der Waals surface area contributed by atoms with E-state index in [0.717, 1.165) is 5.56 Å². The number of anilines is 2. The molecule has 2 amide bonds. The van der Waals surface area contributed by atoms with Crippen molar-refractivity contribution in [2.24, 2.45) is 5.92 Å². The van der Waals surface area contributed by atoms with Crippen molar-refractivity contribution in [3.8, 4) is 0 Å². The monoisotopic (exact) mass is 580 g/mol. The first kappa shape index (κ1) is 28.5. The summed E-state index contributed by atoms with van der Waals surface area (Å²) in [4.78, 5) is 31.2. The summed E-state index contributed by atoms with van der Waals surface area (Å²) in [5.41, 5.74) is 0.720. The lowest BCUT2D eigenvalue weighted by atomic mass is 9.82. The van der Waals surface area contributed by atoms with Crippen LogP contribution in [0.2, 0.25) is 23.7 Å². The summed E-state index contributed by atoms with van der Waals surface area (Å²) in [6.45, 7) is 5.33. The van der Waals surface area contributed by atoms with Crippen LogP contribution in [-0.4, -0.2) is 49.5 Å². The Labute approximate surface area is 240 Å². The Bertz CT molecular complexity index is 1390. The fraction of sp³-hybridized carbons (Fsp3) is 0.355. The predicted octanol–water partition coefficient (Wildman–Crippen LogP) is 6.20. The SMILES string of the molecule is C[C@H]1[C@H]([Si](C)(C)F)[C@@H](CC(=O)N(CCO)Cc2ccccc2)O[C@]12C(=O)N(c1ccccc1)c1ccc(Cl)cc12. The molecule has 1 N–H and O–H groups in total. The molecule has 40 heavy (non-hydrogen) atoms. The molecule has 210 valence electrons. The molecule has 2 aliphatic rings. The first-order valence-electron chi connectivity index (χ1n) is 13.6. The van der Waals surface area contributed by atoms with Gasteiger partial charge in [-0.25, -0.2) is 0 Å². The van der Waals surface area contributed by atoms with Crippen molar-refractivity contribution >= 4 is 43.2 Å². The zero-order valence-corrected chi connectivity index (χ0v) is 24.6. The molecule has 3 aromatic carbocycles. The summed E-state index contributed by atoms with van der Waals surface area (Å²) < 4.78 is 22.8. The molecule has 6 nitrogen and oxygen atoms in total. The van der Waals surface area contributed by atoms with Crippen molar-refractivity contribution in [2.45, 2.75) is 50.2 Å². The van der Waals surface area contributed by atoms with Gasteiger partial charge in [-0.3, -0.25) is 14.5 Å². The number of halogens is 2. The molecule has 4 atom stereocenters. The van der Waals surface area contributed by atoms with E-state index >= 15 is 4.11 Å². The average molecular weight is 581 g/mol. The van der Waals surface area contributed by atoms with Gasteiger partial charge in [0.2, 0.25) is 14.3 Å². The minimum absolute atomic E-state index is 0.0988. The van der Waals surface area contributed by atoms with Gasteiger partial charge >= 0.3 is 0 Å². The number of ether oxygens (including phenoxy) is 1. The molecule has 9 heteroatoms. The summed E-state index contributed by atoms with van der Waals surface area (Å²) >= 11 is 6.44. The van der Waals surface area contributed by atoms with Crippen LogP contribution in [0.3, 0.4) is 0 Å². The van der Waals surface area contributed by atoms with Crippen molar-refractivity contribution < 1.29 is 23.5 Å². The Morgan fingerprint density at radius 2 is 1.75 bits per heavy atom. The van der Waals surface area contributed by atoms with Crippen LogP contribution >= 0.6 is 11.6 Å². The van der Waals surface area contributed by atoms with Crippen molar-refractivity contribution in [3.63, 3.8) is 0 Å². The Balaban J connectivity index is 1.53. The highest BCUT2D eigenvalue weighted by Crippen LogP contribution is 2.61. The maximum absolute atomic E-state index is 16.1. The van der Waals surface area contributed by atoms with Crippen LogP contribution in [0.1, 0.15) is 24.5 Å². The summed E-state index contributed by atoms with van der Waals surface area (Å²) in [5.74, 6) is -1.11. The number of carbonyl (C=O) groups is 2. The van der Waals surface area contributed by atoms with E-state index < -0.39 is 31.6 Å². The molecule has 0 unspecified atom stereocenters. The maximum Gasteiger partial charge on any atom is 0.268 e. The van der Waals surface area contributed by atoms with Crippen molar-refractivity contribution in [1.29, 1.82) is 0 Å². The van der Waals surface area contributed by atoms with E-state index in [0.29, 0.717) is 28.5 Å². The van der Waals surface area contributed by atoms with Gasteiger partial charge in [0, 0.05) is 40.8 Å². The number of carbonyl (C=O) groups excluding carboxylic acids is 2. The van der Waals surface area contributed by atoms with Crippen LogP contribution in [0.4, 0.5) is 15.5 Å². The molecule has 5 rings (SSSR count). The van der Waals surface area contributed by atoms with Crippen LogP contribution in [0, 0.1) is 5.92 Å². The molecule has 1 spiro atoms. The second-order valence-corrected chi connectivity index (χ2v) is 15.4. The molecular weight excluding hydrogens is 547 g/mol. The molecule has 0 aliphatic carbocycles. The minimum Gasteiger partial charge on any atom is -0.395 e. The molecule has 0 bridgehead atoms. The van der Waals surface area contributed by atoms with Crippen LogP contribution < -0.4 is 4.90 Å². The van der Waals surface area contributed by atoms with E-state index in [1.807, 2.05) is 67.6 Å². The van der Waals surface area contributed by atoms with Gasteiger partial charge in [-0.2, -0.15) is 0 Å². The molecule has 1 fully saturated rings. The van der Waals surface area contributed by atoms with Crippen molar-refractivity contribution in [1.82, 2.24) is 4.90 Å². The molecule has 0 saturated carbocycles. The number of hydrogen-bond donors (Lipinski definition) is 1. The third kappa shape index (κ3) is 4.98. The topological polar surface area (TPSA) is 70.1 Å². The maximum atomic E-state index is 16.1. The number of para-hydroxylation sites is 1. The highest BCUT2D eigenvalue weighted by atomic mass is 35.5. The molecule has 2 heterocycles. The van der Waals surface area contributed by atoms with Gasteiger partial charge in [0.1, 0.15) is 0 Å². The zero-order valence-electron chi connectivity index (χ0n) is 22.9. The highest BCUT2D eigenvalue weighted by molar-refractivity contribution is 6.72. The summed E-state index contributed by atoms with van der Waals surface area (Å²) in [6, 6.07) is 24.0. The Morgan fingerprint density at radius 3 is 2.38 bits per heavy atom. The third-order valence-corrected chi connectivity index (χ3v) is 10.9. The first-order chi connectivity index (χ1) is 19.1. The number of rotatable bonds is 8. The fourth-order valence-electron chi connectivity index (χ4n) is 6.50. The quantitative estimate of drug-likeness (QED) is 0.254. The molecule has 3 aromatic rings. The minimum atomic E-state index is -3.45. The summed E-state index contributed by atoms with van der Waals surface area (Å²) in [5, 5.41) is 10.1. The molecule has 0 radical (unpaired) electrons. The van der Waals surface area contributed by atoms with Crippen LogP contribution in [0.25, 0.3) is 0 Å². The van der Waals surface area contributed by atoms with Gasteiger partial charge < -0.3 is 18.9 Å². The zero-order chi connectivity index (χ0) is 28.7. The number of aliphatic hydroxyl groups excluding tert-OH is 1. The second-order valence-electron chi connectivity index (χ2n) is 11.1. The lowest BCUT2D eigenvalue weighted by molar-refractivity contribution is -0.149. The second kappa shape index (κ2) is 11.1. The number of amides is 2. The fourth-order valence-corrected chi connectivity index (χ4v) is 9.16. The average Bonchev–Trinajstić information content (AvgIpc) is 3.35. The lowest BCUT2D eigenvalue weighted by Gasteiger charge is -2.31. The summed E-state index contributed by atoms with van der Waals surface area (Å²) in [6.07, 6.45) is -0.920. The van der Waals surface area contributed by atoms with Gasteiger partial charge in [0.15, 0.2) is 5.60 Å². The lowest BCUT2D eigenvalue weighted by Crippen LogP contribution is -2.44. The number of aliphatic hydroxyl groups is 1. The Kier molecular flexibility index (Phi) is 7.89. The predicted molar refractivity (Wildman–Crippen MR) is 157 cm³/mol. The standard InChI is InChI=1S/C31H34ClFN2O4Si/c1-21-29(40(2,3)33)27(19-28(37)34(16-17-36)20-22-10-6-4-7-11-22)39-31(21)25-18-23(32)14-15-26(25)35(30(31)38)24-12-8-5-9-13-24/h4-15,18,21,27,29,36H,16-17,19-20H2,1-3H3/t21-,27+,29-,31+/m0/s1. The smallest absolute Gasteiger partial charge is 0.268 e. The van der Waals surface area contributed by atoms with Gasteiger partial charge in [-0.15, -0.1) is 0 Å². The molecular formula is C31H34ClFN2O4Si.